The molecule has 0 bridgehead atoms. The van der Waals surface area contributed by atoms with Gasteiger partial charge in [0.15, 0.2) is 0 Å². The minimum absolute atomic E-state index is 0.127. The SMILES string of the molecule is CNC(=O)c1ccc(CNC(=O)c2ccncc2)cc1. The summed E-state index contributed by atoms with van der Waals surface area (Å²) in [5.41, 5.74) is 2.10. The van der Waals surface area contributed by atoms with Crippen LogP contribution in [0.5, 0.6) is 0 Å². The lowest BCUT2D eigenvalue weighted by Crippen LogP contribution is -2.23. The number of hydrogen-bond acceptors (Lipinski definition) is 3. The molecule has 102 valence electrons. The third-order valence-corrected chi connectivity index (χ3v) is 2.84. The van der Waals surface area contributed by atoms with E-state index in [1.807, 2.05) is 12.1 Å². The topological polar surface area (TPSA) is 71.1 Å². The van der Waals surface area contributed by atoms with E-state index in [0.717, 1.165) is 5.56 Å². The summed E-state index contributed by atoms with van der Waals surface area (Å²) in [6.07, 6.45) is 3.15. The highest BCUT2D eigenvalue weighted by Gasteiger charge is 2.05. The summed E-state index contributed by atoms with van der Waals surface area (Å²) in [5.74, 6) is -0.278. The van der Waals surface area contributed by atoms with Crippen molar-refractivity contribution in [1.82, 2.24) is 15.6 Å². The van der Waals surface area contributed by atoms with Crippen LogP contribution in [0.15, 0.2) is 48.8 Å². The third-order valence-electron chi connectivity index (χ3n) is 2.84. The van der Waals surface area contributed by atoms with Crippen LogP contribution in [-0.2, 0) is 6.54 Å². The number of aromatic nitrogens is 1. The molecule has 1 aromatic carbocycles. The average Bonchev–Trinajstić information content (AvgIpc) is 2.53. The third kappa shape index (κ3) is 3.41. The summed E-state index contributed by atoms with van der Waals surface area (Å²) >= 11 is 0. The van der Waals surface area contributed by atoms with Crippen molar-refractivity contribution in [3.05, 3.63) is 65.5 Å². The molecule has 1 aromatic heterocycles. The number of nitrogens with zero attached hydrogens (tertiary/aromatic N) is 1. The fraction of sp³-hybridized carbons (Fsp3) is 0.133. The van der Waals surface area contributed by atoms with Crippen LogP contribution >= 0.6 is 0 Å². The van der Waals surface area contributed by atoms with Crippen molar-refractivity contribution >= 4 is 11.8 Å². The van der Waals surface area contributed by atoms with E-state index in [2.05, 4.69) is 15.6 Å². The number of carbonyl (C=O) groups excluding carboxylic acids is 2. The van der Waals surface area contributed by atoms with Gasteiger partial charge in [-0.1, -0.05) is 12.1 Å². The molecule has 0 aliphatic heterocycles. The van der Waals surface area contributed by atoms with Gasteiger partial charge in [0, 0.05) is 37.1 Å². The van der Waals surface area contributed by atoms with Gasteiger partial charge in [-0.05, 0) is 29.8 Å². The Bertz CT molecular complexity index is 594. The highest BCUT2D eigenvalue weighted by Crippen LogP contribution is 2.05. The number of benzene rings is 1. The molecular formula is C15H15N3O2. The summed E-state index contributed by atoms with van der Waals surface area (Å²) in [4.78, 5) is 27.1. The quantitative estimate of drug-likeness (QED) is 0.880. The fourth-order valence-electron chi connectivity index (χ4n) is 1.71. The van der Waals surface area contributed by atoms with E-state index in [1.54, 1.807) is 43.7 Å². The second kappa shape index (κ2) is 6.47. The minimum atomic E-state index is -0.150. The lowest BCUT2D eigenvalue weighted by atomic mass is 10.1. The molecule has 2 aromatic rings. The Balaban J connectivity index is 1.94. The predicted octanol–water partition coefficient (Wildman–Crippen LogP) is 1.37. The van der Waals surface area contributed by atoms with Gasteiger partial charge in [-0.3, -0.25) is 14.6 Å². The molecule has 20 heavy (non-hydrogen) atoms. The van der Waals surface area contributed by atoms with Gasteiger partial charge in [-0.2, -0.15) is 0 Å². The standard InChI is InChI=1S/C15H15N3O2/c1-16-14(19)12-4-2-11(3-5-12)10-18-15(20)13-6-8-17-9-7-13/h2-9H,10H2,1H3,(H,16,19)(H,18,20). The largest absolute Gasteiger partial charge is 0.355 e. The first-order chi connectivity index (χ1) is 9.70. The van der Waals surface area contributed by atoms with Gasteiger partial charge in [0.2, 0.25) is 0 Å². The average molecular weight is 269 g/mol. The Morgan fingerprint density at radius 3 is 2.15 bits per heavy atom. The maximum atomic E-state index is 11.8. The van der Waals surface area contributed by atoms with Crippen LogP contribution in [0.25, 0.3) is 0 Å². The molecule has 5 nitrogen and oxygen atoms in total. The van der Waals surface area contributed by atoms with Crippen LogP contribution in [0, 0.1) is 0 Å². The van der Waals surface area contributed by atoms with Crippen molar-refractivity contribution in [2.45, 2.75) is 6.54 Å². The van der Waals surface area contributed by atoms with Crippen LogP contribution in [0.2, 0.25) is 0 Å². The number of rotatable bonds is 4. The maximum absolute atomic E-state index is 11.8. The normalized spacial score (nSPS) is 9.85. The van der Waals surface area contributed by atoms with Gasteiger partial charge in [-0.25, -0.2) is 0 Å². The zero-order valence-corrected chi connectivity index (χ0v) is 11.1. The zero-order valence-electron chi connectivity index (χ0n) is 11.1. The lowest BCUT2D eigenvalue weighted by molar-refractivity contribution is 0.0946. The van der Waals surface area contributed by atoms with Crippen LogP contribution in [0.1, 0.15) is 26.3 Å². The molecule has 5 heteroatoms. The van der Waals surface area contributed by atoms with E-state index in [0.29, 0.717) is 17.7 Å². The second-order valence-electron chi connectivity index (χ2n) is 4.19. The number of hydrogen-bond donors (Lipinski definition) is 2. The summed E-state index contributed by atoms with van der Waals surface area (Å²) in [5, 5.41) is 5.37. The summed E-state index contributed by atoms with van der Waals surface area (Å²) in [7, 11) is 1.59. The molecule has 0 fully saturated rings. The van der Waals surface area contributed by atoms with Gasteiger partial charge in [0.05, 0.1) is 0 Å². The van der Waals surface area contributed by atoms with Gasteiger partial charge in [-0.15, -0.1) is 0 Å². The molecule has 0 aliphatic carbocycles. The van der Waals surface area contributed by atoms with Gasteiger partial charge in [0.25, 0.3) is 11.8 Å². The Morgan fingerprint density at radius 2 is 1.55 bits per heavy atom. The molecular weight excluding hydrogens is 254 g/mol. The Kier molecular flexibility index (Phi) is 4.44. The molecule has 0 saturated heterocycles. The maximum Gasteiger partial charge on any atom is 0.251 e. The Hall–Kier alpha value is -2.69. The number of pyridine rings is 1. The highest BCUT2D eigenvalue weighted by atomic mass is 16.2. The molecule has 2 amide bonds. The first-order valence-corrected chi connectivity index (χ1v) is 6.20. The first-order valence-electron chi connectivity index (χ1n) is 6.20. The summed E-state index contributed by atoms with van der Waals surface area (Å²) in [6, 6.07) is 10.4. The van der Waals surface area contributed by atoms with Crippen LogP contribution < -0.4 is 10.6 Å². The van der Waals surface area contributed by atoms with Crippen molar-refractivity contribution in [1.29, 1.82) is 0 Å². The molecule has 0 atom stereocenters. The van der Waals surface area contributed by atoms with Crippen molar-refractivity contribution in [3.8, 4) is 0 Å². The van der Waals surface area contributed by atoms with Crippen molar-refractivity contribution < 1.29 is 9.59 Å². The molecule has 0 radical (unpaired) electrons. The molecule has 0 unspecified atom stereocenters. The molecule has 0 spiro atoms. The van der Waals surface area contributed by atoms with E-state index in [1.165, 1.54) is 0 Å². The minimum Gasteiger partial charge on any atom is -0.355 e. The van der Waals surface area contributed by atoms with E-state index >= 15 is 0 Å². The van der Waals surface area contributed by atoms with E-state index < -0.39 is 0 Å². The first kappa shape index (κ1) is 13.7. The molecule has 2 N–H and O–H groups in total. The monoisotopic (exact) mass is 269 g/mol. The van der Waals surface area contributed by atoms with Crippen molar-refractivity contribution in [2.24, 2.45) is 0 Å². The van der Waals surface area contributed by atoms with Crippen LogP contribution in [0.3, 0.4) is 0 Å². The molecule has 1 heterocycles. The number of nitrogens with one attached hydrogen (secondary N) is 2. The summed E-state index contributed by atoms with van der Waals surface area (Å²) < 4.78 is 0. The van der Waals surface area contributed by atoms with Crippen LogP contribution in [-0.4, -0.2) is 23.8 Å². The van der Waals surface area contributed by atoms with Crippen LogP contribution in [0.4, 0.5) is 0 Å². The zero-order chi connectivity index (χ0) is 14.4. The van der Waals surface area contributed by atoms with Gasteiger partial charge >= 0.3 is 0 Å². The predicted molar refractivity (Wildman–Crippen MR) is 75.2 cm³/mol. The lowest BCUT2D eigenvalue weighted by Gasteiger charge is -2.06. The van der Waals surface area contributed by atoms with E-state index in [-0.39, 0.29) is 11.8 Å². The number of carbonyl (C=O) groups is 2. The van der Waals surface area contributed by atoms with Gasteiger partial charge < -0.3 is 10.6 Å². The van der Waals surface area contributed by atoms with E-state index in [9.17, 15) is 9.59 Å². The Morgan fingerprint density at radius 1 is 0.950 bits per heavy atom. The van der Waals surface area contributed by atoms with Crippen molar-refractivity contribution in [3.63, 3.8) is 0 Å². The second-order valence-corrected chi connectivity index (χ2v) is 4.19. The number of amides is 2. The van der Waals surface area contributed by atoms with Crippen molar-refractivity contribution in [2.75, 3.05) is 7.05 Å². The smallest absolute Gasteiger partial charge is 0.251 e. The molecule has 0 aliphatic rings. The van der Waals surface area contributed by atoms with Gasteiger partial charge in [0.1, 0.15) is 0 Å². The Labute approximate surface area is 117 Å². The fourth-order valence-corrected chi connectivity index (χ4v) is 1.71. The highest BCUT2D eigenvalue weighted by molar-refractivity contribution is 5.94. The van der Waals surface area contributed by atoms with E-state index in [4.69, 9.17) is 0 Å². The molecule has 0 saturated carbocycles. The summed E-state index contributed by atoms with van der Waals surface area (Å²) in [6.45, 7) is 0.412. The molecule has 2 rings (SSSR count).